The van der Waals surface area contributed by atoms with Crippen LogP contribution in [-0.2, 0) is 0 Å². The van der Waals surface area contributed by atoms with Gasteiger partial charge in [0.05, 0.1) is 0 Å². The van der Waals surface area contributed by atoms with E-state index in [0.29, 0.717) is 0 Å². The quantitative estimate of drug-likeness (QED) is 0.181. The Morgan fingerprint density at radius 1 is 0.471 bits per heavy atom. The summed E-state index contributed by atoms with van der Waals surface area (Å²) in [6, 6.07) is 62.1. The summed E-state index contributed by atoms with van der Waals surface area (Å²) in [5, 5.41) is 14.8. The van der Waals surface area contributed by atoms with Gasteiger partial charge in [0.2, 0.25) is 0 Å². The van der Waals surface area contributed by atoms with Crippen LogP contribution in [0.2, 0.25) is 0 Å². The van der Waals surface area contributed by atoms with Crippen molar-refractivity contribution in [1.29, 1.82) is 0 Å². The van der Waals surface area contributed by atoms with Gasteiger partial charge in [-0.3, -0.25) is 5.32 Å². The molecule has 1 aliphatic rings. The summed E-state index contributed by atoms with van der Waals surface area (Å²) < 4.78 is 6.62. The first-order valence-corrected chi connectivity index (χ1v) is 17.4. The molecular formula is C47H33N3O. The number of hydrogen-bond donors (Lipinski definition) is 2. The third kappa shape index (κ3) is 5.08. The monoisotopic (exact) mass is 655 g/mol. The van der Waals surface area contributed by atoms with Crippen LogP contribution >= 0.6 is 0 Å². The smallest absolute Gasteiger partial charge is 0.136 e. The van der Waals surface area contributed by atoms with E-state index in [4.69, 9.17) is 9.41 Å². The number of fused-ring (bicyclic) bond motifs is 6. The zero-order chi connectivity index (χ0) is 33.7. The fraction of sp³-hybridized carbons (Fsp3) is 0.0426. The zero-order valence-corrected chi connectivity index (χ0v) is 27.8. The molecular weight excluding hydrogens is 623 g/mol. The lowest BCUT2D eigenvalue weighted by molar-refractivity contribution is 0.411. The van der Waals surface area contributed by atoms with Crippen molar-refractivity contribution in [2.24, 2.45) is 4.99 Å². The molecule has 4 heteroatoms. The van der Waals surface area contributed by atoms with Crippen LogP contribution in [0.15, 0.2) is 185 Å². The fourth-order valence-corrected chi connectivity index (χ4v) is 7.77. The second-order valence-electron chi connectivity index (χ2n) is 13.2. The molecule has 1 aromatic heterocycles. The van der Waals surface area contributed by atoms with Gasteiger partial charge in [0.15, 0.2) is 0 Å². The summed E-state index contributed by atoms with van der Waals surface area (Å²) >= 11 is 0. The Labute approximate surface area is 295 Å². The average Bonchev–Trinajstić information content (AvgIpc) is 3.60. The van der Waals surface area contributed by atoms with E-state index in [9.17, 15) is 0 Å². The summed E-state index contributed by atoms with van der Waals surface area (Å²) in [6.07, 6.45) is -0.518. The van der Waals surface area contributed by atoms with E-state index >= 15 is 0 Å². The predicted molar refractivity (Wildman–Crippen MR) is 211 cm³/mol. The Kier molecular flexibility index (Phi) is 7.00. The Bertz CT molecular complexity index is 2770. The van der Waals surface area contributed by atoms with Crippen molar-refractivity contribution in [3.8, 4) is 22.3 Å². The van der Waals surface area contributed by atoms with Crippen LogP contribution in [0.3, 0.4) is 0 Å². The molecule has 2 N–H and O–H groups in total. The molecule has 2 heterocycles. The van der Waals surface area contributed by atoms with Gasteiger partial charge in [-0.1, -0.05) is 158 Å². The molecule has 2 atom stereocenters. The number of furan rings is 1. The molecule has 8 aromatic carbocycles. The maximum absolute atomic E-state index is 6.62. The van der Waals surface area contributed by atoms with Crippen LogP contribution in [0, 0.1) is 0 Å². The molecule has 4 nitrogen and oxygen atoms in total. The number of amidine groups is 1. The first-order valence-electron chi connectivity index (χ1n) is 17.4. The van der Waals surface area contributed by atoms with E-state index < -0.39 is 0 Å². The van der Waals surface area contributed by atoms with E-state index in [-0.39, 0.29) is 12.3 Å². The summed E-state index contributed by atoms with van der Waals surface area (Å²) in [7, 11) is 0. The Morgan fingerprint density at radius 3 is 1.96 bits per heavy atom. The summed E-state index contributed by atoms with van der Waals surface area (Å²) in [5.74, 6) is 0.849. The van der Waals surface area contributed by atoms with Crippen molar-refractivity contribution in [3.63, 3.8) is 0 Å². The molecule has 0 spiro atoms. The van der Waals surface area contributed by atoms with Crippen molar-refractivity contribution in [2.75, 3.05) is 0 Å². The van der Waals surface area contributed by atoms with Gasteiger partial charge in [-0.2, -0.15) is 0 Å². The highest BCUT2D eigenvalue weighted by molar-refractivity contribution is 6.15. The van der Waals surface area contributed by atoms with Crippen LogP contribution in [0.4, 0.5) is 0 Å². The first-order chi connectivity index (χ1) is 25.3. The molecule has 9 aromatic rings. The molecule has 0 saturated carbocycles. The molecule has 0 radical (unpaired) electrons. The Balaban J connectivity index is 1.15. The number of aliphatic imine (C=N–C) groups is 1. The van der Waals surface area contributed by atoms with Gasteiger partial charge in [0.1, 0.15) is 29.3 Å². The van der Waals surface area contributed by atoms with Crippen molar-refractivity contribution < 1.29 is 4.42 Å². The highest BCUT2D eigenvalue weighted by Gasteiger charge is 2.29. The number of rotatable bonds is 5. The molecule has 0 saturated heterocycles. The zero-order valence-electron chi connectivity index (χ0n) is 27.8. The van der Waals surface area contributed by atoms with Gasteiger partial charge in [-0.15, -0.1) is 0 Å². The number of nitrogens with one attached hydrogen (secondary N) is 2. The van der Waals surface area contributed by atoms with Crippen LogP contribution in [0.1, 0.15) is 29.0 Å². The predicted octanol–water partition coefficient (Wildman–Crippen LogP) is 11.6. The van der Waals surface area contributed by atoms with Gasteiger partial charge in [-0.25, -0.2) is 4.99 Å². The summed E-state index contributed by atoms with van der Waals surface area (Å²) in [4.78, 5) is 5.30. The number of nitrogens with zero attached hydrogens (tertiary/aromatic N) is 1. The highest BCUT2D eigenvalue weighted by Crippen LogP contribution is 2.43. The van der Waals surface area contributed by atoms with Gasteiger partial charge in [0.25, 0.3) is 0 Å². The van der Waals surface area contributed by atoms with Crippen molar-refractivity contribution >= 4 is 49.3 Å². The second-order valence-corrected chi connectivity index (χ2v) is 13.2. The third-order valence-electron chi connectivity index (χ3n) is 10.2. The van der Waals surface area contributed by atoms with Crippen molar-refractivity contribution in [3.05, 3.63) is 193 Å². The fourth-order valence-electron chi connectivity index (χ4n) is 7.77. The van der Waals surface area contributed by atoms with E-state index in [1.54, 1.807) is 0 Å². The molecule has 0 aliphatic carbocycles. The molecule has 0 amide bonds. The molecule has 1 aliphatic heterocycles. The topological polar surface area (TPSA) is 49.6 Å². The minimum Gasteiger partial charge on any atom is -0.456 e. The number of hydrogen-bond acceptors (Lipinski definition) is 4. The van der Waals surface area contributed by atoms with Gasteiger partial charge < -0.3 is 9.73 Å². The lowest BCUT2D eigenvalue weighted by atomic mass is 9.91. The molecule has 242 valence electrons. The lowest BCUT2D eigenvalue weighted by Crippen LogP contribution is -2.45. The molecule has 0 bridgehead atoms. The third-order valence-corrected chi connectivity index (χ3v) is 10.2. The number of benzene rings is 8. The minimum absolute atomic E-state index is 0.257. The van der Waals surface area contributed by atoms with E-state index in [1.165, 1.54) is 38.2 Å². The first kappa shape index (κ1) is 29.4. The van der Waals surface area contributed by atoms with Crippen LogP contribution in [0.25, 0.3) is 65.7 Å². The standard InChI is InChI=1S/C47H33N3O/c1-3-13-30(14-4-1)35-18-9-10-20-37(35)38-21-11-23-41-43(38)44-39(22-12-24-42(44)51-41)47-49-45(33-16-5-2-6-17-33)48-46(50-47)34-28-27-32-26-25-31-15-7-8-19-36(31)40(32)29-34/h1-29,45,47,49H,(H,48,50). The minimum atomic E-state index is -0.262. The van der Waals surface area contributed by atoms with Crippen molar-refractivity contribution in [2.45, 2.75) is 12.3 Å². The molecule has 2 unspecified atom stereocenters. The van der Waals surface area contributed by atoms with Gasteiger partial charge in [-0.05, 0) is 67.6 Å². The van der Waals surface area contributed by atoms with E-state index in [2.05, 4.69) is 180 Å². The van der Waals surface area contributed by atoms with E-state index in [1.807, 2.05) is 6.07 Å². The summed E-state index contributed by atoms with van der Waals surface area (Å²) in [6.45, 7) is 0. The van der Waals surface area contributed by atoms with Gasteiger partial charge in [0, 0.05) is 21.9 Å². The normalized spacial score (nSPS) is 16.0. The lowest BCUT2D eigenvalue weighted by Gasteiger charge is -2.32. The van der Waals surface area contributed by atoms with Crippen LogP contribution in [0.5, 0.6) is 0 Å². The van der Waals surface area contributed by atoms with E-state index in [0.717, 1.165) is 50.0 Å². The molecule has 10 rings (SSSR count). The van der Waals surface area contributed by atoms with Crippen LogP contribution < -0.4 is 10.6 Å². The van der Waals surface area contributed by atoms with Crippen molar-refractivity contribution in [1.82, 2.24) is 10.6 Å². The largest absolute Gasteiger partial charge is 0.456 e. The molecule has 0 fully saturated rings. The average molecular weight is 656 g/mol. The Hall–Kier alpha value is -6.49. The highest BCUT2D eigenvalue weighted by atomic mass is 16.3. The maximum Gasteiger partial charge on any atom is 0.136 e. The molecule has 51 heavy (non-hydrogen) atoms. The van der Waals surface area contributed by atoms with Gasteiger partial charge >= 0.3 is 0 Å². The summed E-state index contributed by atoms with van der Waals surface area (Å²) in [5.41, 5.74) is 9.67. The SMILES string of the molecule is c1ccc(-c2ccccc2-c2cccc3oc4cccc(C5NC(c6ccc7ccc8ccccc8c7c6)=NC(c6ccccc6)N5)c4c23)cc1. The second kappa shape index (κ2) is 12.1. The maximum atomic E-state index is 6.62. The Morgan fingerprint density at radius 2 is 1.12 bits per heavy atom. The van der Waals surface area contributed by atoms with Crippen LogP contribution in [-0.4, -0.2) is 5.84 Å².